The van der Waals surface area contributed by atoms with E-state index in [-0.39, 0.29) is 6.03 Å². The molecule has 0 unspecified atom stereocenters. The first-order valence-electron chi connectivity index (χ1n) is 6.28. The largest absolute Gasteiger partial charge is 0.399 e. The van der Waals surface area contributed by atoms with E-state index in [1.807, 2.05) is 4.90 Å². The number of halogens is 1. The Labute approximate surface area is 112 Å². The second-order valence-electron chi connectivity index (χ2n) is 4.57. The molecule has 1 fully saturated rings. The molecule has 1 aliphatic rings. The van der Waals surface area contributed by atoms with Gasteiger partial charge in [0.25, 0.3) is 0 Å². The van der Waals surface area contributed by atoms with Crippen LogP contribution in [0.4, 0.5) is 16.2 Å². The van der Waals surface area contributed by atoms with Crippen molar-refractivity contribution >= 4 is 29.0 Å². The van der Waals surface area contributed by atoms with Gasteiger partial charge in [-0.25, -0.2) is 4.79 Å². The van der Waals surface area contributed by atoms with E-state index in [9.17, 15) is 4.79 Å². The lowest BCUT2D eigenvalue weighted by molar-refractivity contribution is 0.214. The van der Waals surface area contributed by atoms with Crippen molar-refractivity contribution in [3.8, 4) is 0 Å². The Morgan fingerprint density at radius 3 is 2.50 bits per heavy atom. The molecule has 98 valence electrons. The molecule has 1 heterocycles. The molecule has 5 heteroatoms. The summed E-state index contributed by atoms with van der Waals surface area (Å²) in [5.41, 5.74) is 6.82. The van der Waals surface area contributed by atoms with Gasteiger partial charge in [-0.1, -0.05) is 24.4 Å². The number of rotatable bonds is 1. The molecule has 0 aromatic heterocycles. The lowest BCUT2D eigenvalue weighted by atomic mass is 10.2. The van der Waals surface area contributed by atoms with Gasteiger partial charge in [-0.05, 0) is 31.0 Å². The Kier molecular flexibility index (Phi) is 4.31. The first-order valence-corrected chi connectivity index (χ1v) is 6.65. The molecule has 18 heavy (non-hydrogen) atoms. The minimum Gasteiger partial charge on any atom is -0.399 e. The number of urea groups is 1. The van der Waals surface area contributed by atoms with Gasteiger partial charge in [-0.2, -0.15) is 0 Å². The zero-order valence-corrected chi connectivity index (χ0v) is 11.0. The van der Waals surface area contributed by atoms with Gasteiger partial charge < -0.3 is 16.0 Å². The quantitative estimate of drug-likeness (QED) is 0.767. The number of likely N-dealkylation sites (tertiary alicyclic amines) is 1. The van der Waals surface area contributed by atoms with Crippen LogP contribution in [-0.2, 0) is 0 Å². The van der Waals surface area contributed by atoms with Crippen LogP contribution in [0.2, 0.25) is 5.02 Å². The molecule has 1 aromatic carbocycles. The molecule has 1 aromatic rings. The summed E-state index contributed by atoms with van der Waals surface area (Å²) in [6.07, 6.45) is 4.55. The first kappa shape index (κ1) is 13.0. The predicted octanol–water partition coefficient (Wildman–Crippen LogP) is 3.33. The monoisotopic (exact) mass is 267 g/mol. The second-order valence-corrected chi connectivity index (χ2v) is 4.98. The van der Waals surface area contributed by atoms with Crippen molar-refractivity contribution in [3.63, 3.8) is 0 Å². The molecule has 0 saturated carbocycles. The Morgan fingerprint density at radius 2 is 1.89 bits per heavy atom. The van der Waals surface area contributed by atoms with E-state index < -0.39 is 0 Å². The Morgan fingerprint density at radius 1 is 1.22 bits per heavy atom. The van der Waals surface area contributed by atoms with Gasteiger partial charge >= 0.3 is 6.03 Å². The van der Waals surface area contributed by atoms with E-state index in [2.05, 4.69) is 5.32 Å². The topological polar surface area (TPSA) is 58.4 Å². The van der Waals surface area contributed by atoms with Gasteiger partial charge in [0, 0.05) is 18.8 Å². The van der Waals surface area contributed by atoms with Crippen LogP contribution in [0.25, 0.3) is 0 Å². The van der Waals surface area contributed by atoms with E-state index in [0.717, 1.165) is 25.9 Å². The molecule has 0 aliphatic carbocycles. The molecule has 0 radical (unpaired) electrons. The van der Waals surface area contributed by atoms with E-state index in [1.54, 1.807) is 18.2 Å². The zero-order chi connectivity index (χ0) is 13.0. The SMILES string of the molecule is Nc1ccc(NC(=O)N2CCCCCC2)c(Cl)c1. The smallest absolute Gasteiger partial charge is 0.321 e. The molecular weight excluding hydrogens is 250 g/mol. The fraction of sp³-hybridized carbons (Fsp3) is 0.462. The van der Waals surface area contributed by atoms with Crippen LogP contribution in [0, 0.1) is 0 Å². The molecule has 0 atom stereocenters. The highest BCUT2D eigenvalue weighted by atomic mass is 35.5. The van der Waals surface area contributed by atoms with Crippen molar-refractivity contribution < 1.29 is 4.79 Å². The maximum atomic E-state index is 12.1. The molecule has 1 aliphatic heterocycles. The third kappa shape index (κ3) is 3.29. The average Bonchev–Trinajstić information content (AvgIpc) is 2.61. The summed E-state index contributed by atoms with van der Waals surface area (Å²) >= 11 is 6.03. The van der Waals surface area contributed by atoms with Crippen LogP contribution >= 0.6 is 11.6 Å². The number of nitrogen functional groups attached to an aromatic ring is 1. The number of nitrogens with zero attached hydrogens (tertiary/aromatic N) is 1. The number of carbonyl (C=O) groups excluding carboxylic acids is 1. The summed E-state index contributed by atoms with van der Waals surface area (Å²) in [6, 6.07) is 5.01. The number of nitrogens with two attached hydrogens (primary N) is 1. The van der Waals surface area contributed by atoms with Crippen molar-refractivity contribution in [3.05, 3.63) is 23.2 Å². The summed E-state index contributed by atoms with van der Waals surface area (Å²) in [5, 5.41) is 3.30. The number of amides is 2. The average molecular weight is 268 g/mol. The van der Waals surface area contributed by atoms with Gasteiger partial charge in [-0.3, -0.25) is 0 Å². The van der Waals surface area contributed by atoms with Crippen molar-refractivity contribution in [2.24, 2.45) is 0 Å². The number of hydrogen-bond acceptors (Lipinski definition) is 2. The molecule has 4 nitrogen and oxygen atoms in total. The standard InChI is InChI=1S/C13H18ClN3O/c14-11-9-10(15)5-6-12(11)16-13(18)17-7-3-1-2-4-8-17/h5-6,9H,1-4,7-8,15H2,(H,16,18). The number of benzene rings is 1. The summed E-state index contributed by atoms with van der Waals surface area (Å²) in [7, 11) is 0. The molecule has 0 spiro atoms. The van der Waals surface area contributed by atoms with Gasteiger partial charge in [-0.15, -0.1) is 0 Å². The highest BCUT2D eigenvalue weighted by Gasteiger charge is 2.16. The Hall–Kier alpha value is -1.42. The first-order chi connectivity index (χ1) is 8.66. The summed E-state index contributed by atoms with van der Waals surface area (Å²) in [6.45, 7) is 1.64. The normalized spacial score (nSPS) is 16.2. The minimum atomic E-state index is -0.0800. The highest BCUT2D eigenvalue weighted by Crippen LogP contribution is 2.24. The third-order valence-electron chi connectivity index (χ3n) is 3.13. The van der Waals surface area contributed by atoms with Gasteiger partial charge in [0.1, 0.15) is 0 Å². The lowest BCUT2D eigenvalue weighted by Gasteiger charge is -2.21. The van der Waals surface area contributed by atoms with E-state index in [4.69, 9.17) is 17.3 Å². The predicted molar refractivity (Wildman–Crippen MR) is 74.9 cm³/mol. The molecule has 1 saturated heterocycles. The summed E-state index contributed by atoms with van der Waals surface area (Å²) in [5.74, 6) is 0. The summed E-state index contributed by atoms with van der Waals surface area (Å²) in [4.78, 5) is 13.9. The lowest BCUT2D eigenvalue weighted by Crippen LogP contribution is -2.35. The van der Waals surface area contributed by atoms with Crippen LogP contribution < -0.4 is 11.1 Å². The molecule has 2 rings (SSSR count). The number of carbonyl (C=O) groups is 1. The number of nitrogens with one attached hydrogen (secondary N) is 1. The molecule has 0 bridgehead atoms. The fourth-order valence-electron chi connectivity index (χ4n) is 2.10. The van der Waals surface area contributed by atoms with Gasteiger partial charge in [0.05, 0.1) is 10.7 Å². The third-order valence-corrected chi connectivity index (χ3v) is 3.44. The zero-order valence-electron chi connectivity index (χ0n) is 10.3. The molecule has 2 amide bonds. The van der Waals surface area contributed by atoms with E-state index in [0.29, 0.717) is 16.4 Å². The Balaban J connectivity index is 2.01. The van der Waals surface area contributed by atoms with Gasteiger partial charge in [0.15, 0.2) is 0 Å². The highest BCUT2D eigenvalue weighted by molar-refractivity contribution is 6.34. The van der Waals surface area contributed by atoms with Crippen molar-refractivity contribution in [1.29, 1.82) is 0 Å². The Bertz CT molecular complexity index is 428. The van der Waals surface area contributed by atoms with Crippen LogP contribution in [0.15, 0.2) is 18.2 Å². The minimum absolute atomic E-state index is 0.0800. The van der Waals surface area contributed by atoms with Crippen molar-refractivity contribution in [2.75, 3.05) is 24.1 Å². The van der Waals surface area contributed by atoms with Crippen LogP contribution in [0.5, 0.6) is 0 Å². The maximum Gasteiger partial charge on any atom is 0.321 e. The second kappa shape index (κ2) is 5.96. The van der Waals surface area contributed by atoms with Crippen LogP contribution in [0.1, 0.15) is 25.7 Å². The molecule has 3 N–H and O–H groups in total. The number of anilines is 2. The molecular formula is C13H18ClN3O. The van der Waals surface area contributed by atoms with Gasteiger partial charge in [0.2, 0.25) is 0 Å². The van der Waals surface area contributed by atoms with Crippen molar-refractivity contribution in [2.45, 2.75) is 25.7 Å². The van der Waals surface area contributed by atoms with E-state index in [1.165, 1.54) is 12.8 Å². The fourth-order valence-corrected chi connectivity index (χ4v) is 2.34. The van der Waals surface area contributed by atoms with Crippen molar-refractivity contribution in [1.82, 2.24) is 4.90 Å². The summed E-state index contributed by atoms with van der Waals surface area (Å²) < 4.78 is 0. The number of hydrogen-bond donors (Lipinski definition) is 2. The van der Waals surface area contributed by atoms with Crippen LogP contribution in [0.3, 0.4) is 0 Å². The maximum absolute atomic E-state index is 12.1. The van der Waals surface area contributed by atoms with E-state index >= 15 is 0 Å². The van der Waals surface area contributed by atoms with Crippen LogP contribution in [-0.4, -0.2) is 24.0 Å².